The van der Waals surface area contributed by atoms with Crippen LogP contribution in [0.15, 0.2) is 24.3 Å². The Hall–Kier alpha value is -1.89. The van der Waals surface area contributed by atoms with Gasteiger partial charge in [0.05, 0.1) is 12.4 Å². The van der Waals surface area contributed by atoms with E-state index < -0.39 is 0 Å². The summed E-state index contributed by atoms with van der Waals surface area (Å²) in [5, 5.41) is 2.80. The van der Waals surface area contributed by atoms with Gasteiger partial charge in [0.2, 0.25) is 5.91 Å². The first-order chi connectivity index (χ1) is 12.4. The van der Waals surface area contributed by atoms with Gasteiger partial charge in [-0.25, -0.2) is 4.79 Å². The number of amides is 3. The predicted octanol–water partition coefficient (Wildman–Crippen LogP) is 3.10. The fourth-order valence-corrected chi connectivity index (χ4v) is 4.21. The number of urea groups is 1. The number of carbonyl (C=O) groups is 2. The van der Waals surface area contributed by atoms with E-state index in [9.17, 15) is 9.59 Å². The van der Waals surface area contributed by atoms with Gasteiger partial charge in [-0.2, -0.15) is 0 Å². The molecule has 7 heteroatoms. The van der Waals surface area contributed by atoms with Gasteiger partial charge in [-0.1, -0.05) is 12.1 Å². The number of hydrogen-bond acceptors (Lipinski definition) is 4. The average molecular weight is 380 g/mol. The van der Waals surface area contributed by atoms with Gasteiger partial charge in [0.25, 0.3) is 0 Å². The van der Waals surface area contributed by atoms with E-state index in [1.165, 1.54) is 0 Å². The first-order valence-electron chi connectivity index (χ1n) is 9.02. The Morgan fingerprint density at radius 1 is 1.35 bits per heavy atom. The van der Waals surface area contributed by atoms with Crippen LogP contribution < -0.4 is 10.1 Å². The Kier molecular flexibility index (Phi) is 7.20. The van der Waals surface area contributed by atoms with Crippen LogP contribution in [0.4, 0.5) is 4.79 Å². The Balaban J connectivity index is 2.08. The van der Waals surface area contributed by atoms with E-state index in [2.05, 4.69) is 5.32 Å². The monoisotopic (exact) mass is 379 g/mol. The molecule has 6 nitrogen and oxygen atoms in total. The minimum atomic E-state index is -0.0872. The van der Waals surface area contributed by atoms with Crippen molar-refractivity contribution < 1.29 is 14.3 Å². The van der Waals surface area contributed by atoms with Gasteiger partial charge in [0, 0.05) is 25.7 Å². The summed E-state index contributed by atoms with van der Waals surface area (Å²) in [6.45, 7) is 9.40. The molecule has 2 rings (SSSR count). The van der Waals surface area contributed by atoms with E-state index in [1.807, 2.05) is 56.9 Å². The van der Waals surface area contributed by atoms with Crippen LogP contribution in [0.2, 0.25) is 0 Å². The second kappa shape index (κ2) is 9.16. The number of methoxy groups -OCH3 is 1. The summed E-state index contributed by atoms with van der Waals surface area (Å²) < 4.78 is 5.21. The maximum atomic E-state index is 12.6. The van der Waals surface area contributed by atoms with Gasteiger partial charge < -0.3 is 19.9 Å². The normalized spacial score (nSPS) is 19.8. The third kappa shape index (κ3) is 4.84. The first kappa shape index (κ1) is 20.4. The second-order valence-electron chi connectivity index (χ2n) is 6.62. The van der Waals surface area contributed by atoms with E-state index in [-0.39, 0.29) is 28.6 Å². The van der Waals surface area contributed by atoms with Gasteiger partial charge in [0.15, 0.2) is 0 Å². The van der Waals surface area contributed by atoms with Crippen LogP contribution in [0.25, 0.3) is 0 Å². The molecule has 1 aromatic rings. The van der Waals surface area contributed by atoms with Crippen molar-refractivity contribution in [3.8, 4) is 5.75 Å². The maximum absolute atomic E-state index is 12.6. The Bertz CT molecular complexity index is 621. The highest BCUT2D eigenvalue weighted by Crippen LogP contribution is 2.42. The van der Waals surface area contributed by atoms with Crippen LogP contribution in [0.5, 0.6) is 5.75 Å². The molecular weight excluding hydrogens is 350 g/mol. The molecule has 0 bridgehead atoms. The summed E-state index contributed by atoms with van der Waals surface area (Å²) >= 11 is 1.64. The first-order valence-corrected chi connectivity index (χ1v) is 9.97. The van der Waals surface area contributed by atoms with Crippen LogP contribution in [0.1, 0.15) is 38.6 Å². The van der Waals surface area contributed by atoms with E-state index in [4.69, 9.17) is 4.74 Å². The third-order valence-corrected chi connectivity index (χ3v) is 5.73. The van der Waals surface area contributed by atoms with Gasteiger partial charge >= 0.3 is 6.03 Å². The fraction of sp³-hybridized carbons (Fsp3) is 0.579. The van der Waals surface area contributed by atoms with Gasteiger partial charge in [-0.3, -0.25) is 4.79 Å². The van der Waals surface area contributed by atoms with Crippen molar-refractivity contribution in [2.75, 3.05) is 26.7 Å². The SMILES string of the molecule is CCN(CCN1C(=O)[C@H](C)S[C@@H]1c1ccc(OC)cc1)C(=O)NC(C)C. The summed E-state index contributed by atoms with van der Waals surface area (Å²) in [6, 6.07) is 7.82. The number of thioether (sulfide) groups is 1. The highest BCUT2D eigenvalue weighted by Gasteiger charge is 2.38. The van der Waals surface area contributed by atoms with Crippen molar-refractivity contribution in [1.29, 1.82) is 0 Å². The predicted molar refractivity (Wildman–Crippen MR) is 105 cm³/mol. The molecule has 144 valence electrons. The van der Waals surface area contributed by atoms with Crippen molar-refractivity contribution >= 4 is 23.7 Å². The molecule has 1 aliphatic heterocycles. The molecule has 0 aliphatic carbocycles. The summed E-state index contributed by atoms with van der Waals surface area (Å²) in [6.07, 6.45) is 0. The Morgan fingerprint density at radius 3 is 2.54 bits per heavy atom. The van der Waals surface area contributed by atoms with Crippen LogP contribution in [0.3, 0.4) is 0 Å². The molecule has 0 aromatic heterocycles. The second-order valence-corrected chi connectivity index (χ2v) is 8.05. The molecule has 3 amide bonds. The molecule has 26 heavy (non-hydrogen) atoms. The summed E-state index contributed by atoms with van der Waals surface area (Å²) in [5.74, 6) is 0.918. The molecule has 0 radical (unpaired) electrons. The number of ether oxygens (including phenoxy) is 1. The number of likely N-dealkylation sites (N-methyl/N-ethyl adjacent to an activating group) is 1. The standard InChI is InChI=1S/C19H29N3O3S/c1-6-21(19(24)20-13(2)3)11-12-22-17(23)14(4)26-18(22)15-7-9-16(25-5)10-8-15/h7-10,13-14,18H,6,11-12H2,1-5H3,(H,20,24)/t14-,18+/m0/s1. The lowest BCUT2D eigenvalue weighted by atomic mass is 10.2. The molecule has 0 unspecified atom stereocenters. The zero-order valence-electron chi connectivity index (χ0n) is 16.2. The summed E-state index contributed by atoms with van der Waals surface area (Å²) in [7, 11) is 1.64. The van der Waals surface area contributed by atoms with E-state index in [0.29, 0.717) is 19.6 Å². The van der Waals surface area contributed by atoms with Crippen LogP contribution in [-0.4, -0.2) is 59.8 Å². The molecule has 1 aliphatic rings. The maximum Gasteiger partial charge on any atom is 0.317 e. The topological polar surface area (TPSA) is 61.9 Å². The zero-order chi connectivity index (χ0) is 19.3. The molecular formula is C19H29N3O3S. The molecule has 0 saturated carbocycles. The number of benzene rings is 1. The molecule has 1 heterocycles. The van der Waals surface area contributed by atoms with Crippen molar-refractivity contribution in [3.63, 3.8) is 0 Å². The molecule has 1 aromatic carbocycles. The summed E-state index contributed by atoms with van der Waals surface area (Å²) in [4.78, 5) is 28.5. The summed E-state index contributed by atoms with van der Waals surface area (Å²) in [5.41, 5.74) is 1.07. The minimum absolute atomic E-state index is 0.0322. The molecule has 2 atom stereocenters. The lowest BCUT2D eigenvalue weighted by molar-refractivity contribution is -0.129. The molecule has 1 N–H and O–H groups in total. The number of carbonyl (C=O) groups excluding carboxylic acids is 2. The van der Waals surface area contributed by atoms with E-state index >= 15 is 0 Å². The van der Waals surface area contributed by atoms with Crippen molar-refractivity contribution in [3.05, 3.63) is 29.8 Å². The highest BCUT2D eigenvalue weighted by atomic mass is 32.2. The van der Waals surface area contributed by atoms with Gasteiger partial charge in [0.1, 0.15) is 11.1 Å². The van der Waals surface area contributed by atoms with Crippen LogP contribution in [0, 0.1) is 0 Å². The lowest BCUT2D eigenvalue weighted by Crippen LogP contribution is -2.46. The zero-order valence-corrected chi connectivity index (χ0v) is 17.0. The number of rotatable bonds is 7. The van der Waals surface area contributed by atoms with Crippen molar-refractivity contribution in [1.82, 2.24) is 15.1 Å². The van der Waals surface area contributed by atoms with E-state index in [1.54, 1.807) is 23.8 Å². The van der Waals surface area contributed by atoms with Gasteiger partial charge in [-0.05, 0) is 45.4 Å². The fourth-order valence-electron chi connectivity index (χ4n) is 2.90. The third-order valence-electron chi connectivity index (χ3n) is 4.34. The largest absolute Gasteiger partial charge is 0.497 e. The average Bonchev–Trinajstić information content (AvgIpc) is 2.90. The highest BCUT2D eigenvalue weighted by molar-refractivity contribution is 8.01. The Labute approximate surface area is 160 Å². The minimum Gasteiger partial charge on any atom is -0.497 e. The number of hydrogen-bond donors (Lipinski definition) is 1. The molecule has 1 fully saturated rings. The van der Waals surface area contributed by atoms with Gasteiger partial charge in [-0.15, -0.1) is 11.8 Å². The van der Waals surface area contributed by atoms with Crippen molar-refractivity contribution in [2.45, 2.75) is 44.4 Å². The van der Waals surface area contributed by atoms with Crippen LogP contribution in [-0.2, 0) is 4.79 Å². The lowest BCUT2D eigenvalue weighted by Gasteiger charge is -2.28. The number of nitrogens with zero attached hydrogens (tertiary/aromatic N) is 2. The van der Waals surface area contributed by atoms with E-state index in [0.717, 1.165) is 11.3 Å². The molecule has 0 spiro atoms. The van der Waals surface area contributed by atoms with Crippen molar-refractivity contribution in [2.24, 2.45) is 0 Å². The quantitative estimate of drug-likeness (QED) is 0.791. The van der Waals surface area contributed by atoms with Crippen LogP contribution >= 0.6 is 11.8 Å². The smallest absolute Gasteiger partial charge is 0.317 e. The number of nitrogens with one attached hydrogen (secondary N) is 1. The Morgan fingerprint density at radius 2 is 2.00 bits per heavy atom. The molecule has 1 saturated heterocycles.